The SMILES string of the molecule is CCCCN1CCN(c2ccc(N3CCN(C)CC3)cc2C2CCC(C(C)(C)C)CC2)CC1. The quantitative estimate of drug-likeness (QED) is 0.548. The van der Waals surface area contributed by atoms with E-state index in [-0.39, 0.29) is 0 Å². The molecule has 0 atom stereocenters. The van der Waals surface area contributed by atoms with Crippen molar-refractivity contribution in [3.8, 4) is 0 Å². The van der Waals surface area contributed by atoms with E-state index < -0.39 is 0 Å². The van der Waals surface area contributed by atoms with E-state index in [1.807, 2.05) is 0 Å². The van der Waals surface area contributed by atoms with E-state index in [0.29, 0.717) is 5.41 Å². The smallest absolute Gasteiger partial charge is 0.0404 e. The lowest BCUT2D eigenvalue weighted by molar-refractivity contribution is 0.169. The van der Waals surface area contributed by atoms with E-state index in [0.717, 1.165) is 24.9 Å². The van der Waals surface area contributed by atoms with Crippen LogP contribution in [0.5, 0.6) is 0 Å². The van der Waals surface area contributed by atoms with Crippen molar-refractivity contribution in [2.24, 2.45) is 11.3 Å². The fourth-order valence-electron chi connectivity index (χ4n) is 6.28. The highest BCUT2D eigenvalue weighted by atomic mass is 15.3. The number of unbranched alkanes of at least 4 members (excludes halogenated alkanes) is 1. The molecule has 0 radical (unpaired) electrons. The van der Waals surface area contributed by atoms with Crippen molar-refractivity contribution in [3.63, 3.8) is 0 Å². The van der Waals surface area contributed by atoms with Crippen molar-refractivity contribution in [3.05, 3.63) is 23.8 Å². The van der Waals surface area contributed by atoms with Gasteiger partial charge in [-0.25, -0.2) is 0 Å². The van der Waals surface area contributed by atoms with E-state index in [9.17, 15) is 0 Å². The van der Waals surface area contributed by atoms with Gasteiger partial charge >= 0.3 is 0 Å². The summed E-state index contributed by atoms with van der Waals surface area (Å²) < 4.78 is 0. The zero-order valence-corrected chi connectivity index (χ0v) is 22.3. The van der Waals surface area contributed by atoms with Gasteiger partial charge in [0.25, 0.3) is 0 Å². The molecule has 0 spiro atoms. The molecule has 2 heterocycles. The van der Waals surface area contributed by atoms with Crippen LogP contribution in [0.1, 0.15) is 77.7 Å². The number of likely N-dealkylation sites (N-methyl/N-ethyl adjacent to an activating group) is 1. The lowest BCUT2D eigenvalue weighted by Crippen LogP contribution is -2.47. The van der Waals surface area contributed by atoms with E-state index >= 15 is 0 Å². The largest absolute Gasteiger partial charge is 0.369 e. The molecule has 0 unspecified atom stereocenters. The molecular formula is C29H50N4. The van der Waals surface area contributed by atoms with Gasteiger partial charge in [0.2, 0.25) is 0 Å². The number of hydrogen-bond donors (Lipinski definition) is 0. The molecule has 1 aliphatic carbocycles. The Labute approximate surface area is 204 Å². The van der Waals surface area contributed by atoms with E-state index in [1.165, 1.54) is 90.0 Å². The summed E-state index contributed by atoms with van der Waals surface area (Å²) in [6.07, 6.45) is 8.13. The number of hydrogen-bond acceptors (Lipinski definition) is 4. The molecule has 2 aliphatic heterocycles. The van der Waals surface area contributed by atoms with Crippen LogP contribution in [-0.2, 0) is 0 Å². The molecule has 33 heavy (non-hydrogen) atoms. The van der Waals surface area contributed by atoms with Gasteiger partial charge in [-0.05, 0) is 86.7 Å². The second-order valence-electron chi connectivity index (χ2n) is 12.1. The van der Waals surface area contributed by atoms with Gasteiger partial charge in [-0.3, -0.25) is 4.90 Å². The van der Waals surface area contributed by atoms with Gasteiger partial charge in [0.1, 0.15) is 0 Å². The van der Waals surface area contributed by atoms with Crippen LogP contribution >= 0.6 is 0 Å². The minimum atomic E-state index is 0.449. The molecule has 186 valence electrons. The van der Waals surface area contributed by atoms with Gasteiger partial charge in [0.15, 0.2) is 0 Å². The maximum atomic E-state index is 2.71. The fraction of sp³-hybridized carbons (Fsp3) is 0.793. The number of rotatable bonds is 6. The molecule has 2 saturated heterocycles. The van der Waals surface area contributed by atoms with E-state index in [4.69, 9.17) is 0 Å². The number of benzene rings is 1. The van der Waals surface area contributed by atoms with Crippen LogP contribution in [0.2, 0.25) is 0 Å². The molecular weight excluding hydrogens is 404 g/mol. The first-order valence-electron chi connectivity index (χ1n) is 13.9. The fourth-order valence-corrected chi connectivity index (χ4v) is 6.28. The highest BCUT2D eigenvalue weighted by molar-refractivity contribution is 5.63. The van der Waals surface area contributed by atoms with Gasteiger partial charge in [0, 0.05) is 63.7 Å². The summed E-state index contributed by atoms with van der Waals surface area (Å²) in [5, 5.41) is 0. The van der Waals surface area contributed by atoms with Crippen molar-refractivity contribution in [2.75, 3.05) is 75.8 Å². The second kappa shape index (κ2) is 11.0. The Bertz CT molecular complexity index is 730. The summed E-state index contributed by atoms with van der Waals surface area (Å²) >= 11 is 0. The summed E-state index contributed by atoms with van der Waals surface area (Å²) in [6, 6.07) is 7.52. The average Bonchev–Trinajstić information content (AvgIpc) is 2.83. The highest BCUT2D eigenvalue weighted by Crippen LogP contribution is 2.46. The van der Waals surface area contributed by atoms with Crippen LogP contribution in [-0.4, -0.2) is 75.8 Å². The summed E-state index contributed by atoms with van der Waals surface area (Å²) in [7, 11) is 2.25. The average molecular weight is 455 g/mol. The first-order chi connectivity index (χ1) is 15.8. The van der Waals surface area contributed by atoms with Crippen LogP contribution in [0.15, 0.2) is 18.2 Å². The molecule has 4 heteroatoms. The molecule has 3 aliphatic rings. The Kier molecular flexibility index (Phi) is 8.28. The number of nitrogens with zero attached hydrogens (tertiary/aromatic N) is 4. The van der Waals surface area contributed by atoms with Gasteiger partial charge in [0.05, 0.1) is 0 Å². The zero-order valence-electron chi connectivity index (χ0n) is 22.3. The van der Waals surface area contributed by atoms with Crippen LogP contribution in [0.3, 0.4) is 0 Å². The van der Waals surface area contributed by atoms with Crippen molar-refractivity contribution in [1.29, 1.82) is 0 Å². The lowest BCUT2D eigenvalue weighted by atomic mass is 9.68. The Morgan fingerprint density at radius 1 is 0.818 bits per heavy atom. The molecule has 4 nitrogen and oxygen atoms in total. The van der Waals surface area contributed by atoms with Gasteiger partial charge in [-0.2, -0.15) is 0 Å². The molecule has 3 fully saturated rings. The second-order valence-corrected chi connectivity index (χ2v) is 12.1. The monoisotopic (exact) mass is 454 g/mol. The zero-order chi connectivity index (χ0) is 23.4. The van der Waals surface area contributed by atoms with Gasteiger partial charge in [-0.1, -0.05) is 34.1 Å². The normalized spacial score (nSPS) is 26.1. The third-order valence-electron chi connectivity index (χ3n) is 8.81. The van der Waals surface area contributed by atoms with Crippen molar-refractivity contribution in [2.45, 2.75) is 72.1 Å². The Morgan fingerprint density at radius 3 is 2.06 bits per heavy atom. The summed E-state index contributed by atoms with van der Waals surface area (Å²) in [6.45, 7) is 20.4. The maximum Gasteiger partial charge on any atom is 0.0404 e. The van der Waals surface area contributed by atoms with E-state index in [2.05, 4.69) is 72.5 Å². The van der Waals surface area contributed by atoms with Crippen LogP contribution in [0.25, 0.3) is 0 Å². The van der Waals surface area contributed by atoms with Crippen LogP contribution < -0.4 is 9.80 Å². The predicted molar refractivity (Wildman–Crippen MR) is 144 cm³/mol. The number of piperazine rings is 2. The molecule has 1 saturated carbocycles. The lowest BCUT2D eigenvalue weighted by Gasteiger charge is -2.41. The topological polar surface area (TPSA) is 13.0 Å². The summed E-state index contributed by atoms with van der Waals surface area (Å²) in [5.41, 5.74) is 5.11. The predicted octanol–water partition coefficient (Wildman–Crippen LogP) is 5.68. The van der Waals surface area contributed by atoms with Crippen molar-refractivity contribution in [1.82, 2.24) is 9.80 Å². The van der Waals surface area contributed by atoms with Gasteiger partial charge < -0.3 is 14.7 Å². The van der Waals surface area contributed by atoms with E-state index in [1.54, 1.807) is 11.3 Å². The molecule has 1 aromatic carbocycles. The third-order valence-corrected chi connectivity index (χ3v) is 8.81. The number of anilines is 2. The molecule has 1 aromatic rings. The maximum absolute atomic E-state index is 2.71. The summed E-state index contributed by atoms with van der Waals surface area (Å²) in [5.74, 6) is 1.60. The molecule has 0 bridgehead atoms. The van der Waals surface area contributed by atoms with Crippen molar-refractivity contribution < 1.29 is 0 Å². The van der Waals surface area contributed by atoms with Gasteiger partial charge in [-0.15, -0.1) is 0 Å². The first kappa shape index (κ1) is 24.9. The minimum absolute atomic E-state index is 0.449. The summed E-state index contributed by atoms with van der Waals surface area (Å²) in [4.78, 5) is 10.5. The Hall–Kier alpha value is -1.26. The first-order valence-corrected chi connectivity index (χ1v) is 13.9. The van der Waals surface area contributed by atoms with Crippen LogP contribution in [0.4, 0.5) is 11.4 Å². The van der Waals surface area contributed by atoms with Crippen LogP contribution in [0, 0.1) is 11.3 Å². The molecule has 0 aromatic heterocycles. The Morgan fingerprint density at radius 2 is 1.45 bits per heavy atom. The highest BCUT2D eigenvalue weighted by Gasteiger charge is 2.32. The van der Waals surface area contributed by atoms with Crippen molar-refractivity contribution >= 4 is 11.4 Å². The minimum Gasteiger partial charge on any atom is -0.369 e. The molecule has 4 rings (SSSR count). The third kappa shape index (κ3) is 6.25. The molecule has 0 amide bonds. The Balaban J connectivity index is 1.52. The standard InChI is InChI=1S/C29H50N4/c1-6-7-14-31-17-21-33(22-18-31)28-13-12-26(32-19-15-30(5)16-20-32)23-27(28)24-8-10-25(11-9-24)29(2,3)4/h12-13,23-25H,6-11,14-22H2,1-5H3. The molecule has 0 N–H and O–H groups in total.